The Bertz CT molecular complexity index is 389. The van der Waals surface area contributed by atoms with Crippen molar-refractivity contribution in [2.24, 2.45) is 0 Å². The number of carboxylic acids is 1. The Hall–Kier alpha value is -1.24. The largest absolute Gasteiger partial charge is 0.481 e. The SMILES string of the molecule is CC(C)n1ncnc1CS(=O)CCC(=O)O. The van der Waals surface area contributed by atoms with E-state index in [1.165, 1.54) is 6.33 Å². The van der Waals surface area contributed by atoms with Crippen LogP contribution < -0.4 is 0 Å². The molecular formula is C9H15N3O3S. The van der Waals surface area contributed by atoms with E-state index in [2.05, 4.69) is 10.1 Å². The van der Waals surface area contributed by atoms with Crippen molar-refractivity contribution < 1.29 is 14.1 Å². The molecule has 1 rings (SSSR count). The molecule has 1 atom stereocenters. The highest BCUT2D eigenvalue weighted by Crippen LogP contribution is 2.07. The van der Waals surface area contributed by atoms with E-state index in [1.807, 2.05) is 13.8 Å². The number of hydrogen-bond donors (Lipinski definition) is 1. The molecule has 0 aliphatic rings. The fourth-order valence-electron chi connectivity index (χ4n) is 1.23. The molecule has 0 aliphatic carbocycles. The van der Waals surface area contributed by atoms with Gasteiger partial charge in [-0.15, -0.1) is 0 Å². The summed E-state index contributed by atoms with van der Waals surface area (Å²) in [7, 11) is -1.20. The summed E-state index contributed by atoms with van der Waals surface area (Å²) < 4.78 is 13.2. The minimum absolute atomic E-state index is 0.0809. The van der Waals surface area contributed by atoms with E-state index >= 15 is 0 Å². The number of carbonyl (C=O) groups is 1. The predicted molar refractivity (Wildman–Crippen MR) is 59.4 cm³/mol. The summed E-state index contributed by atoms with van der Waals surface area (Å²) in [6.07, 6.45) is 1.34. The Labute approximate surface area is 96.1 Å². The van der Waals surface area contributed by atoms with E-state index in [-0.39, 0.29) is 24.0 Å². The second kappa shape index (κ2) is 5.74. The fourth-order valence-corrected chi connectivity index (χ4v) is 2.27. The van der Waals surface area contributed by atoms with Gasteiger partial charge in [-0.2, -0.15) is 5.10 Å². The van der Waals surface area contributed by atoms with Crippen LogP contribution in [0.5, 0.6) is 0 Å². The lowest BCUT2D eigenvalue weighted by atomic mass is 10.4. The lowest BCUT2D eigenvalue weighted by Crippen LogP contribution is -2.13. The summed E-state index contributed by atoms with van der Waals surface area (Å²) in [4.78, 5) is 14.3. The van der Waals surface area contributed by atoms with Gasteiger partial charge in [0.2, 0.25) is 0 Å². The van der Waals surface area contributed by atoms with Gasteiger partial charge in [-0.3, -0.25) is 9.00 Å². The van der Waals surface area contributed by atoms with Crippen LogP contribution in [0.3, 0.4) is 0 Å². The van der Waals surface area contributed by atoms with E-state index < -0.39 is 16.8 Å². The van der Waals surface area contributed by atoms with Crippen molar-refractivity contribution in [2.75, 3.05) is 5.75 Å². The average molecular weight is 245 g/mol. The van der Waals surface area contributed by atoms with Crippen molar-refractivity contribution in [3.05, 3.63) is 12.2 Å². The maximum Gasteiger partial charge on any atom is 0.304 e. The lowest BCUT2D eigenvalue weighted by molar-refractivity contribution is -0.136. The summed E-state index contributed by atoms with van der Waals surface area (Å²) in [6, 6.07) is 0.161. The molecule has 7 heteroatoms. The Balaban J connectivity index is 2.56. The quantitative estimate of drug-likeness (QED) is 0.792. The Kier molecular flexibility index (Phi) is 4.60. The molecule has 0 bridgehead atoms. The summed E-state index contributed by atoms with van der Waals surface area (Å²) in [5, 5.41) is 12.5. The zero-order chi connectivity index (χ0) is 12.1. The molecule has 0 fully saturated rings. The highest BCUT2D eigenvalue weighted by Gasteiger charge is 2.11. The topological polar surface area (TPSA) is 85.1 Å². The zero-order valence-corrected chi connectivity index (χ0v) is 10.1. The number of aromatic nitrogens is 3. The third-order valence-electron chi connectivity index (χ3n) is 1.97. The van der Waals surface area contributed by atoms with Crippen LogP contribution in [0.1, 0.15) is 32.1 Å². The molecule has 0 saturated carbocycles. The molecule has 16 heavy (non-hydrogen) atoms. The first-order valence-corrected chi connectivity index (χ1v) is 6.44. The van der Waals surface area contributed by atoms with Gasteiger partial charge >= 0.3 is 5.97 Å². The Morgan fingerprint density at radius 1 is 1.62 bits per heavy atom. The van der Waals surface area contributed by atoms with Gasteiger partial charge in [0, 0.05) is 22.6 Å². The molecule has 90 valence electrons. The van der Waals surface area contributed by atoms with Crippen LogP contribution in [0.2, 0.25) is 0 Å². The molecule has 0 spiro atoms. The van der Waals surface area contributed by atoms with Crippen LogP contribution in [0.25, 0.3) is 0 Å². The molecule has 1 heterocycles. The van der Waals surface area contributed by atoms with Crippen LogP contribution in [-0.4, -0.2) is 35.8 Å². The fraction of sp³-hybridized carbons (Fsp3) is 0.667. The van der Waals surface area contributed by atoms with Crippen LogP contribution in [0.15, 0.2) is 6.33 Å². The van der Waals surface area contributed by atoms with Gasteiger partial charge in [0.15, 0.2) is 0 Å². The van der Waals surface area contributed by atoms with Crippen LogP contribution >= 0.6 is 0 Å². The molecule has 0 amide bonds. The second-order valence-electron chi connectivity index (χ2n) is 3.65. The third-order valence-corrected chi connectivity index (χ3v) is 3.21. The maximum atomic E-state index is 11.6. The van der Waals surface area contributed by atoms with Gasteiger partial charge in [-0.25, -0.2) is 9.67 Å². The van der Waals surface area contributed by atoms with Crippen molar-refractivity contribution >= 4 is 16.8 Å². The van der Waals surface area contributed by atoms with E-state index in [1.54, 1.807) is 4.68 Å². The molecule has 1 aromatic rings. The van der Waals surface area contributed by atoms with E-state index in [9.17, 15) is 9.00 Å². The van der Waals surface area contributed by atoms with Crippen molar-refractivity contribution in [2.45, 2.75) is 32.1 Å². The van der Waals surface area contributed by atoms with Crippen molar-refractivity contribution in [1.82, 2.24) is 14.8 Å². The Morgan fingerprint density at radius 2 is 2.31 bits per heavy atom. The van der Waals surface area contributed by atoms with E-state index in [4.69, 9.17) is 5.11 Å². The maximum absolute atomic E-state index is 11.6. The van der Waals surface area contributed by atoms with Crippen molar-refractivity contribution in [3.63, 3.8) is 0 Å². The number of rotatable bonds is 6. The molecule has 6 nitrogen and oxygen atoms in total. The van der Waals surface area contributed by atoms with Gasteiger partial charge in [-0.05, 0) is 13.8 Å². The molecule has 0 aliphatic heterocycles. The Morgan fingerprint density at radius 3 is 2.88 bits per heavy atom. The lowest BCUT2D eigenvalue weighted by Gasteiger charge is -2.08. The summed E-state index contributed by atoms with van der Waals surface area (Å²) in [5.41, 5.74) is 0. The number of hydrogen-bond acceptors (Lipinski definition) is 4. The van der Waals surface area contributed by atoms with Gasteiger partial charge in [0.25, 0.3) is 0 Å². The molecule has 1 N–H and O–H groups in total. The van der Waals surface area contributed by atoms with Crippen LogP contribution in [0, 0.1) is 0 Å². The highest BCUT2D eigenvalue weighted by atomic mass is 32.2. The predicted octanol–water partition coefficient (Wildman–Crippen LogP) is 0.582. The first-order valence-electron chi connectivity index (χ1n) is 4.96. The number of aliphatic carboxylic acids is 1. The third kappa shape index (κ3) is 3.73. The molecule has 1 aromatic heterocycles. The van der Waals surface area contributed by atoms with E-state index in [0.717, 1.165) is 0 Å². The minimum Gasteiger partial charge on any atom is -0.481 e. The molecule has 0 aromatic carbocycles. The monoisotopic (exact) mass is 245 g/mol. The summed E-state index contributed by atoms with van der Waals surface area (Å²) in [5.74, 6) is 0.114. The second-order valence-corrected chi connectivity index (χ2v) is 5.22. The number of nitrogens with zero attached hydrogens (tertiary/aromatic N) is 3. The normalized spacial score (nSPS) is 12.9. The van der Waals surface area contributed by atoms with Gasteiger partial charge in [0.05, 0.1) is 12.2 Å². The summed E-state index contributed by atoms with van der Waals surface area (Å²) in [6.45, 7) is 3.91. The molecule has 1 unspecified atom stereocenters. The molecule has 0 radical (unpaired) electrons. The highest BCUT2D eigenvalue weighted by molar-refractivity contribution is 7.84. The standard InChI is InChI=1S/C9H15N3O3S/c1-7(2)12-8(10-6-11-12)5-16(15)4-3-9(13)14/h6-7H,3-5H2,1-2H3,(H,13,14). The number of carboxylic acid groups (broad SMARTS) is 1. The van der Waals surface area contributed by atoms with Gasteiger partial charge < -0.3 is 5.11 Å². The summed E-state index contributed by atoms with van der Waals surface area (Å²) >= 11 is 0. The van der Waals surface area contributed by atoms with Crippen LogP contribution in [-0.2, 0) is 21.3 Å². The van der Waals surface area contributed by atoms with Gasteiger partial charge in [0.1, 0.15) is 12.2 Å². The van der Waals surface area contributed by atoms with E-state index in [0.29, 0.717) is 5.82 Å². The zero-order valence-electron chi connectivity index (χ0n) is 9.29. The van der Waals surface area contributed by atoms with Gasteiger partial charge in [-0.1, -0.05) is 0 Å². The average Bonchev–Trinajstić information content (AvgIpc) is 2.62. The smallest absolute Gasteiger partial charge is 0.304 e. The minimum atomic E-state index is -1.20. The molecular weight excluding hydrogens is 230 g/mol. The first kappa shape index (κ1) is 12.8. The molecule has 0 saturated heterocycles. The first-order chi connectivity index (χ1) is 7.50. The van der Waals surface area contributed by atoms with Crippen molar-refractivity contribution in [1.29, 1.82) is 0 Å². The van der Waals surface area contributed by atoms with Crippen LogP contribution in [0.4, 0.5) is 0 Å². The van der Waals surface area contributed by atoms with Crippen molar-refractivity contribution in [3.8, 4) is 0 Å².